The lowest BCUT2D eigenvalue weighted by Crippen LogP contribution is -2.37. The predicted molar refractivity (Wildman–Crippen MR) is 88.4 cm³/mol. The lowest BCUT2D eigenvalue weighted by atomic mass is 10.2. The van der Waals surface area contributed by atoms with Gasteiger partial charge in [-0.3, -0.25) is 9.69 Å². The van der Waals surface area contributed by atoms with E-state index >= 15 is 0 Å². The van der Waals surface area contributed by atoms with Gasteiger partial charge in [-0.1, -0.05) is 23.8 Å². The molecule has 0 bridgehead atoms. The highest BCUT2D eigenvalue weighted by molar-refractivity contribution is 5.99. The lowest BCUT2D eigenvalue weighted by molar-refractivity contribution is -0.116. The Bertz CT molecular complexity index is 700. The second kappa shape index (κ2) is 6.48. The van der Waals surface area contributed by atoms with Gasteiger partial charge in [0.15, 0.2) is 0 Å². The molecule has 1 saturated heterocycles. The van der Waals surface area contributed by atoms with E-state index in [0.717, 1.165) is 11.3 Å². The number of benzene rings is 1. The number of urea groups is 1. The van der Waals surface area contributed by atoms with Crippen LogP contribution in [0, 0.1) is 6.92 Å². The van der Waals surface area contributed by atoms with Gasteiger partial charge in [-0.25, -0.2) is 9.78 Å². The Morgan fingerprint density at radius 1 is 1.17 bits per heavy atom. The number of pyridine rings is 1. The highest BCUT2D eigenvalue weighted by Gasteiger charge is 2.30. The monoisotopic (exact) mass is 310 g/mol. The van der Waals surface area contributed by atoms with E-state index in [1.165, 1.54) is 4.90 Å². The van der Waals surface area contributed by atoms with Crippen LogP contribution in [0.4, 0.5) is 16.3 Å². The summed E-state index contributed by atoms with van der Waals surface area (Å²) in [4.78, 5) is 31.7. The van der Waals surface area contributed by atoms with E-state index in [1.807, 2.05) is 31.2 Å². The number of hydrogen-bond acceptors (Lipinski definition) is 3. The fourth-order valence-corrected chi connectivity index (χ4v) is 2.49. The number of aromatic nitrogens is 1. The largest absolute Gasteiger partial charge is 0.325 e. The zero-order valence-corrected chi connectivity index (χ0v) is 12.9. The first kappa shape index (κ1) is 15.0. The molecule has 1 aliphatic rings. The normalized spacial score (nSPS) is 14.2. The summed E-state index contributed by atoms with van der Waals surface area (Å²) in [6, 6.07) is 12.9. The molecule has 1 aliphatic heterocycles. The summed E-state index contributed by atoms with van der Waals surface area (Å²) in [5, 5.41) is 2.69. The third-order valence-corrected chi connectivity index (χ3v) is 3.71. The Morgan fingerprint density at radius 2 is 1.96 bits per heavy atom. The van der Waals surface area contributed by atoms with Crippen LogP contribution in [0.2, 0.25) is 0 Å². The molecular weight excluding hydrogens is 292 g/mol. The molecule has 0 unspecified atom stereocenters. The summed E-state index contributed by atoms with van der Waals surface area (Å²) >= 11 is 0. The molecule has 6 heteroatoms. The van der Waals surface area contributed by atoms with Crippen LogP contribution < -0.4 is 10.2 Å². The van der Waals surface area contributed by atoms with Crippen molar-refractivity contribution in [2.24, 2.45) is 0 Å². The van der Waals surface area contributed by atoms with E-state index in [4.69, 9.17) is 0 Å². The van der Waals surface area contributed by atoms with E-state index in [-0.39, 0.29) is 18.5 Å². The number of anilines is 2. The average Bonchev–Trinajstić information content (AvgIpc) is 2.90. The van der Waals surface area contributed by atoms with E-state index in [0.29, 0.717) is 18.9 Å². The molecule has 0 saturated carbocycles. The molecule has 3 amide bonds. The van der Waals surface area contributed by atoms with Crippen molar-refractivity contribution in [1.29, 1.82) is 0 Å². The van der Waals surface area contributed by atoms with Crippen molar-refractivity contribution in [3.63, 3.8) is 0 Å². The first-order chi connectivity index (χ1) is 11.1. The summed E-state index contributed by atoms with van der Waals surface area (Å²) < 4.78 is 0. The Labute approximate surface area is 134 Å². The van der Waals surface area contributed by atoms with Gasteiger partial charge in [-0.2, -0.15) is 0 Å². The van der Waals surface area contributed by atoms with Crippen molar-refractivity contribution in [3.05, 3.63) is 54.2 Å². The van der Waals surface area contributed by atoms with Crippen LogP contribution in [0.1, 0.15) is 5.56 Å². The first-order valence-corrected chi connectivity index (χ1v) is 7.47. The number of carbonyl (C=O) groups excluding carboxylic acids is 2. The molecule has 118 valence electrons. The number of aryl methyl sites for hydroxylation is 1. The molecule has 2 heterocycles. The fraction of sp³-hybridized carbons (Fsp3) is 0.235. The number of carbonyl (C=O) groups is 2. The van der Waals surface area contributed by atoms with Crippen LogP contribution in [0.15, 0.2) is 48.7 Å². The van der Waals surface area contributed by atoms with E-state index in [9.17, 15) is 9.59 Å². The summed E-state index contributed by atoms with van der Waals surface area (Å²) in [7, 11) is 0. The van der Waals surface area contributed by atoms with Gasteiger partial charge in [0.2, 0.25) is 5.91 Å². The van der Waals surface area contributed by atoms with Gasteiger partial charge in [-0.05, 0) is 31.2 Å². The maximum absolute atomic E-state index is 12.4. The molecule has 0 aliphatic carbocycles. The minimum atomic E-state index is -0.247. The van der Waals surface area contributed by atoms with Gasteiger partial charge in [0.1, 0.15) is 12.4 Å². The van der Waals surface area contributed by atoms with E-state index < -0.39 is 0 Å². The Balaban J connectivity index is 1.61. The SMILES string of the molecule is Cc1ccc(N2CCN(CC(=O)Nc3ccccn3)C2=O)cc1. The van der Waals surface area contributed by atoms with Crippen LogP contribution in [0.3, 0.4) is 0 Å². The fourth-order valence-electron chi connectivity index (χ4n) is 2.49. The lowest BCUT2D eigenvalue weighted by Gasteiger charge is -2.18. The van der Waals surface area contributed by atoms with Gasteiger partial charge in [0.05, 0.1) is 0 Å². The highest BCUT2D eigenvalue weighted by Crippen LogP contribution is 2.20. The molecule has 23 heavy (non-hydrogen) atoms. The second-order valence-corrected chi connectivity index (χ2v) is 5.45. The Hall–Kier alpha value is -2.89. The van der Waals surface area contributed by atoms with Crippen molar-refractivity contribution < 1.29 is 9.59 Å². The maximum atomic E-state index is 12.4. The molecule has 0 radical (unpaired) electrons. The molecule has 3 rings (SSSR count). The third-order valence-electron chi connectivity index (χ3n) is 3.71. The maximum Gasteiger partial charge on any atom is 0.325 e. The summed E-state index contributed by atoms with van der Waals surface area (Å²) in [6.45, 7) is 3.14. The first-order valence-electron chi connectivity index (χ1n) is 7.47. The molecule has 0 spiro atoms. The van der Waals surface area contributed by atoms with Crippen LogP contribution in [0.5, 0.6) is 0 Å². The van der Waals surface area contributed by atoms with Gasteiger partial charge in [0.25, 0.3) is 0 Å². The molecule has 1 fully saturated rings. The Kier molecular flexibility index (Phi) is 4.23. The van der Waals surface area contributed by atoms with E-state index in [2.05, 4.69) is 10.3 Å². The molecule has 2 aromatic rings. The van der Waals surface area contributed by atoms with Gasteiger partial charge in [-0.15, -0.1) is 0 Å². The van der Waals surface area contributed by atoms with Crippen molar-refractivity contribution in [3.8, 4) is 0 Å². The smallest absolute Gasteiger partial charge is 0.313 e. The zero-order chi connectivity index (χ0) is 16.2. The molecule has 0 atom stereocenters. The minimum absolute atomic E-state index is 0.0256. The molecule has 1 N–H and O–H groups in total. The number of rotatable bonds is 4. The molecule has 1 aromatic carbocycles. The van der Waals surface area contributed by atoms with Crippen molar-refractivity contribution in [2.45, 2.75) is 6.92 Å². The quantitative estimate of drug-likeness (QED) is 0.942. The summed E-state index contributed by atoms with van der Waals surface area (Å²) in [6.07, 6.45) is 1.61. The summed E-state index contributed by atoms with van der Waals surface area (Å²) in [5.74, 6) is 0.238. The zero-order valence-electron chi connectivity index (χ0n) is 12.9. The van der Waals surface area contributed by atoms with Crippen molar-refractivity contribution >= 4 is 23.4 Å². The standard InChI is InChI=1S/C17H18N4O2/c1-13-5-7-14(8-6-13)21-11-10-20(17(21)23)12-16(22)19-15-4-2-3-9-18-15/h2-9H,10-12H2,1H3,(H,18,19,22). The molecule has 1 aromatic heterocycles. The molecule has 6 nitrogen and oxygen atoms in total. The van der Waals surface area contributed by atoms with Gasteiger partial charge in [0, 0.05) is 25.0 Å². The number of hydrogen-bond donors (Lipinski definition) is 1. The van der Waals surface area contributed by atoms with Gasteiger partial charge < -0.3 is 10.2 Å². The van der Waals surface area contributed by atoms with Crippen LogP contribution in [-0.2, 0) is 4.79 Å². The summed E-state index contributed by atoms with van der Waals surface area (Å²) in [5.41, 5.74) is 2.00. The van der Waals surface area contributed by atoms with Crippen molar-refractivity contribution in [2.75, 3.05) is 29.9 Å². The van der Waals surface area contributed by atoms with Crippen LogP contribution >= 0.6 is 0 Å². The van der Waals surface area contributed by atoms with E-state index in [1.54, 1.807) is 29.3 Å². The van der Waals surface area contributed by atoms with Crippen LogP contribution in [0.25, 0.3) is 0 Å². The van der Waals surface area contributed by atoms with Crippen molar-refractivity contribution in [1.82, 2.24) is 9.88 Å². The number of nitrogens with one attached hydrogen (secondary N) is 1. The highest BCUT2D eigenvalue weighted by atomic mass is 16.2. The number of nitrogens with zero attached hydrogens (tertiary/aromatic N) is 3. The third kappa shape index (κ3) is 3.48. The number of amides is 3. The van der Waals surface area contributed by atoms with Crippen LogP contribution in [-0.4, -0.2) is 41.5 Å². The molecular formula is C17H18N4O2. The predicted octanol–water partition coefficient (Wildman–Crippen LogP) is 2.27. The van der Waals surface area contributed by atoms with Gasteiger partial charge >= 0.3 is 6.03 Å². The average molecular weight is 310 g/mol. The topological polar surface area (TPSA) is 65.5 Å². The second-order valence-electron chi connectivity index (χ2n) is 5.45. The Morgan fingerprint density at radius 3 is 2.65 bits per heavy atom. The minimum Gasteiger partial charge on any atom is -0.313 e.